The highest BCUT2D eigenvalue weighted by atomic mass is 16.5. The molecule has 44 heavy (non-hydrogen) atoms. The maximum Gasteiger partial charge on any atom is 0.230 e. The van der Waals surface area contributed by atoms with Crippen molar-refractivity contribution in [2.24, 2.45) is 50.7 Å². The van der Waals surface area contributed by atoms with Crippen molar-refractivity contribution in [2.75, 3.05) is 13.7 Å². The molecule has 0 aromatic heterocycles. The Kier molecular flexibility index (Phi) is 7.75. The lowest BCUT2D eigenvalue weighted by Crippen LogP contribution is -2.66. The molecule has 6 rings (SSSR count). The summed E-state index contributed by atoms with van der Waals surface area (Å²) in [6.07, 6.45) is 9.14. The van der Waals surface area contributed by atoms with Crippen molar-refractivity contribution in [3.05, 3.63) is 41.0 Å². The van der Waals surface area contributed by atoms with Gasteiger partial charge in [-0.05, 0) is 132 Å². The first-order chi connectivity index (χ1) is 20.7. The number of nitrogens with one attached hydrogen (secondary N) is 1. The molecule has 5 aliphatic rings. The number of amides is 1. The molecule has 1 aromatic carbocycles. The number of ketones is 1. The van der Waals surface area contributed by atoms with Gasteiger partial charge < -0.3 is 15.2 Å². The predicted molar refractivity (Wildman–Crippen MR) is 175 cm³/mol. The second-order valence-corrected chi connectivity index (χ2v) is 17.0. The second-order valence-electron chi connectivity index (χ2n) is 17.0. The second kappa shape index (κ2) is 10.7. The van der Waals surface area contributed by atoms with Crippen molar-refractivity contribution < 1.29 is 19.4 Å². The molecule has 1 amide bonds. The summed E-state index contributed by atoms with van der Waals surface area (Å²) in [5.74, 6) is 2.60. The van der Waals surface area contributed by atoms with Gasteiger partial charge in [-0.3, -0.25) is 9.59 Å². The number of hydrogen-bond donors (Lipinski definition) is 2. The summed E-state index contributed by atoms with van der Waals surface area (Å²) in [5, 5.41) is 14.4. The maximum absolute atomic E-state index is 14.3. The monoisotopic (exact) mass is 603 g/mol. The first kappa shape index (κ1) is 31.8. The van der Waals surface area contributed by atoms with Gasteiger partial charge in [0.15, 0.2) is 5.78 Å². The number of aliphatic hydroxyl groups excluding tert-OH is 1. The third kappa shape index (κ3) is 4.33. The minimum Gasteiger partial charge on any atom is -0.497 e. The minimum absolute atomic E-state index is 0.0388. The first-order valence-corrected chi connectivity index (χ1v) is 17.5. The molecule has 0 spiro atoms. The zero-order valence-corrected chi connectivity index (χ0v) is 28.6. The molecular weight excluding hydrogens is 546 g/mol. The van der Waals surface area contributed by atoms with Gasteiger partial charge >= 0.3 is 0 Å². The molecule has 5 nitrogen and oxygen atoms in total. The van der Waals surface area contributed by atoms with Crippen molar-refractivity contribution in [1.82, 2.24) is 5.32 Å². The van der Waals surface area contributed by atoms with Crippen molar-refractivity contribution in [2.45, 2.75) is 119 Å². The number of benzene rings is 1. The van der Waals surface area contributed by atoms with Crippen LogP contribution in [0.1, 0.15) is 112 Å². The van der Waals surface area contributed by atoms with Crippen LogP contribution in [-0.4, -0.2) is 36.6 Å². The SMILES string of the molecule is COc1ccc(CCNC(=O)[C@@]23CC[C@]4(C)[C@H](CC[C@@H]5[C@@]6(C)CC[C@H](O)C(C)(C)[C@@H]6CC[C@]54C)C2=C(C(C)C)C(=O)C3)cc1. The molecular formula is C39H57NO4. The van der Waals surface area contributed by atoms with E-state index < -0.39 is 5.41 Å². The van der Waals surface area contributed by atoms with Crippen LogP contribution in [0.25, 0.3) is 0 Å². The summed E-state index contributed by atoms with van der Waals surface area (Å²) in [4.78, 5) is 28.2. The van der Waals surface area contributed by atoms with Crippen molar-refractivity contribution in [3.8, 4) is 5.75 Å². The Hall–Kier alpha value is -2.14. The Labute approximate surface area is 266 Å². The van der Waals surface area contributed by atoms with Gasteiger partial charge in [0.05, 0.1) is 18.6 Å². The van der Waals surface area contributed by atoms with Gasteiger partial charge in [-0.15, -0.1) is 0 Å². The zero-order valence-electron chi connectivity index (χ0n) is 28.6. The van der Waals surface area contributed by atoms with Crippen molar-refractivity contribution in [1.29, 1.82) is 0 Å². The molecule has 4 saturated carbocycles. The largest absolute Gasteiger partial charge is 0.497 e. The van der Waals surface area contributed by atoms with Gasteiger partial charge in [0.25, 0.3) is 0 Å². The van der Waals surface area contributed by atoms with Gasteiger partial charge in [0, 0.05) is 13.0 Å². The smallest absolute Gasteiger partial charge is 0.230 e. The zero-order chi connectivity index (χ0) is 31.9. The van der Waals surface area contributed by atoms with E-state index in [2.05, 4.69) is 65.9 Å². The lowest BCUT2D eigenvalue weighted by molar-refractivity contribution is -0.228. The molecule has 5 heteroatoms. The fourth-order valence-corrected chi connectivity index (χ4v) is 12.2. The molecule has 4 fully saturated rings. The molecule has 0 radical (unpaired) electrons. The molecule has 2 N–H and O–H groups in total. The van der Waals surface area contributed by atoms with E-state index >= 15 is 0 Å². The van der Waals surface area contributed by atoms with E-state index in [0.717, 1.165) is 68.3 Å². The summed E-state index contributed by atoms with van der Waals surface area (Å²) < 4.78 is 5.30. The predicted octanol–water partition coefficient (Wildman–Crippen LogP) is 7.70. The Morgan fingerprint density at radius 2 is 1.64 bits per heavy atom. The number of aliphatic hydroxyl groups is 1. The number of methoxy groups -OCH3 is 1. The van der Waals surface area contributed by atoms with Crippen LogP contribution in [0.15, 0.2) is 35.4 Å². The van der Waals surface area contributed by atoms with E-state index in [1.807, 2.05) is 12.1 Å². The molecule has 242 valence electrons. The summed E-state index contributed by atoms with van der Waals surface area (Å²) in [5.41, 5.74) is 2.96. The van der Waals surface area contributed by atoms with Gasteiger partial charge in [-0.1, -0.05) is 60.6 Å². The maximum atomic E-state index is 14.3. The Morgan fingerprint density at radius 1 is 0.932 bits per heavy atom. The van der Waals surface area contributed by atoms with Gasteiger partial charge in [0.1, 0.15) is 5.75 Å². The molecule has 0 unspecified atom stereocenters. The highest BCUT2D eigenvalue weighted by Gasteiger charge is 2.70. The Balaban J connectivity index is 1.31. The summed E-state index contributed by atoms with van der Waals surface area (Å²) >= 11 is 0. The topological polar surface area (TPSA) is 75.6 Å². The molecule has 0 saturated heterocycles. The van der Waals surface area contributed by atoms with Crippen LogP contribution in [0, 0.1) is 50.7 Å². The van der Waals surface area contributed by atoms with Crippen LogP contribution >= 0.6 is 0 Å². The Bertz CT molecular complexity index is 1340. The normalized spacial score (nSPS) is 41.0. The summed E-state index contributed by atoms with van der Waals surface area (Å²) in [6, 6.07) is 8.03. The average Bonchev–Trinajstić information content (AvgIpc) is 3.29. The molecule has 0 aliphatic heterocycles. The number of hydrogen-bond acceptors (Lipinski definition) is 4. The van der Waals surface area contributed by atoms with E-state index in [1.165, 1.54) is 12.0 Å². The number of allylic oxidation sites excluding steroid dienone is 1. The number of rotatable bonds is 6. The number of ether oxygens (including phenoxy) is 1. The highest BCUT2D eigenvalue weighted by Crippen LogP contribution is 2.76. The number of carbonyl (C=O) groups is 2. The van der Waals surface area contributed by atoms with Crippen LogP contribution in [0.4, 0.5) is 0 Å². The number of carbonyl (C=O) groups excluding carboxylic acids is 2. The minimum atomic E-state index is -0.706. The molecule has 1 aromatic rings. The van der Waals surface area contributed by atoms with E-state index in [1.54, 1.807) is 7.11 Å². The van der Waals surface area contributed by atoms with Crippen LogP contribution in [-0.2, 0) is 16.0 Å². The van der Waals surface area contributed by atoms with E-state index in [-0.39, 0.29) is 51.3 Å². The summed E-state index contributed by atoms with van der Waals surface area (Å²) in [6.45, 7) is 17.2. The van der Waals surface area contributed by atoms with Crippen LogP contribution in [0.2, 0.25) is 0 Å². The highest BCUT2D eigenvalue weighted by molar-refractivity contribution is 6.06. The van der Waals surface area contributed by atoms with Gasteiger partial charge in [0.2, 0.25) is 5.91 Å². The molecule has 5 aliphatic carbocycles. The Morgan fingerprint density at radius 3 is 2.30 bits per heavy atom. The van der Waals surface area contributed by atoms with Gasteiger partial charge in [-0.2, -0.15) is 0 Å². The van der Waals surface area contributed by atoms with Crippen molar-refractivity contribution >= 4 is 11.7 Å². The number of fused-ring (bicyclic) bond motifs is 7. The third-order valence-corrected chi connectivity index (χ3v) is 14.7. The van der Waals surface area contributed by atoms with E-state index in [0.29, 0.717) is 24.8 Å². The van der Waals surface area contributed by atoms with Gasteiger partial charge in [-0.25, -0.2) is 0 Å². The third-order valence-electron chi connectivity index (χ3n) is 14.7. The molecule has 0 bridgehead atoms. The number of Topliss-reactive ketones (excluding diaryl/α,β-unsaturated/α-hetero) is 1. The first-order valence-electron chi connectivity index (χ1n) is 17.5. The van der Waals surface area contributed by atoms with E-state index in [4.69, 9.17) is 4.74 Å². The average molecular weight is 604 g/mol. The standard InChI is InChI=1S/C39H57NO4/c1-24(2)32-28(41)23-39(34(43)40-22-17-25-9-11-26(44-8)12-10-25)21-20-37(6)27(33(32)39)13-14-30-36(5)18-16-31(42)35(3,4)29(36)15-19-38(30,37)7/h9-12,24,27,29-31,42H,13-23H2,1-8H3,(H,40,43)/t27-,29+,30-,31+,36+,37-,38-,39-/m1/s1. The fraction of sp³-hybridized carbons (Fsp3) is 0.744. The lowest BCUT2D eigenvalue weighted by Gasteiger charge is -2.72. The lowest BCUT2D eigenvalue weighted by atomic mass is 9.33. The van der Waals surface area contributed by atoms with E-state index in [9.17, 15) is 14.7 Å². The van der Waals surface area contributed by atoms with Crippen LogP contribution in [0.3, 0.4) is 0 Å². The molecule has 8 atom stereocenters. The van der Waals surface area contributed by atoms with Crippen molar-refractivity contribution in [3.63, 3.8) is 0 Å². The van der Waals surface area contributed by atoms with Crippen LogP contribution in [0.5, 0.6) is 5.75 Å². The van der Waals surface area contributed by atoms with Crippen LogP contribution < -0.4 is 10.1 Å². The molecule has 0 heterocycles. The quantitative estimate of drug-likeness (QED) is 0.350. The fourth-order valence-electron chi connectivity index (χ4n) is 12.2. The summed E-state index contributed by atoms with van der Waals surface area (Å²) in [7, 11) is 1.67.